The minimum atomic E-state index is -1.21. The third kappa shape index (κ3) is 2.37. The largest absolute Gasteiger partial charge is 0.475 e. The fraction of sp³-hybridized carbons (Fsp3) is 0. The summed E-state index contributed by atoms with van der Waals surface area (Å²) in [5, 5.41) is 9.10. The van der Waals surface area contributed by atoms with Crippen molar-refractivity contribution in [2.24, 2.45) is 0 Å². The van der Waals surface area contributed by atoms with Crippen LogP contribution >= 0.6 is 11.6 Å². The molecule has 0 unspecified atom stereocenters. The number of hydrogen-bond donors (Lipinski definition) is 1. The molecule has 0 atom stereocenters. The summed E-state index contributed by atoms with van der Waals surface area (Å²) in [6.45, 7) is 0. The maximum Gasteiger partial charge on any atom is 0.371 e. The van der Waals surface area contributed by atoms with Crippen molar-refractivity contribution in [3.8, 4) is 0 Å². The van der Waals surface area contributed by atoms with Gasteiger partial charge in [0, 0.05) is 10.6 Å². The minimum absolute atomic E-state index is 0.0235. The number of hydrogen-bond acceptors (Lipinski definition) is 3. The van der Waals surface area contributed by atoms with Crippen LogP contribution in [0.5, 0.6) is 0 Å². The molecule has 0 radical (unpaired) electrons. The van der Waals surface area contributed by atoms with Gasteiger partial charge in [0.25, 0.3) is 0 Å². The zero-order valence-corrected chi connectivity index (χ0v) is 9.27. The molecule has 0 fully saturated rings. The molecule has 5 heteroatoms. The van der Waals surface area contributed by atoms with E-state index in [1.54, 1.807) is 18.2 Å². The van der Waals surface area contributed by atoms with Gasteiger partial charge in [0.2, 0.25) is 11.5 Å². The van der Waals surface area contributed by atoms with Crippen LogP contribution in [0.2, 0.25) is 5.02 Å². The Balaban J connectivity index is 2.34. The minimum Gasteiger partial charge on any atom is -0.475 e. The second-order valence-electron chi connectivity index (χ2n) is 3.31. The van der Waals surface area contributed by atoms with Crippen LogP contribution < -0.4 is 0 Å². The lowest BCUT2D eigenvalue weighted by Crippen LogP contribution is -1.99. The number of benzene rings is 1. The predicted molar refractivity (Wildman–Crippen MR) is 60.6 cm³/mol. The third-order valence-corrected chi connectivity index (χ3v) is 2.36. The second-order valence-corrected chi connectivity index (χ2v) is 3.74. The number of carboxylic acid groups (broad SMARTS) is 1. The van der Waals surface area contributed by atoms with Crippen molar-refractivity contribution < 1.29 is 19.1 Å². The highest BCUT2D eigenvalue weighted by atomic mass is 35.5. The molecule has 0 aliphatic carbocycles. The molecular weight excluding hydrogens is 244 g/mol. The lowest BCUT2D eigenvalue weighted by Gasteiger charge is -1.97. The number of furan rings is 1. The number of halogens is 1. The Morgan fingerprint density at radius 3 is 2.41 bits per heavy atom. The van der Waals surface area contributed by atoms with E-state index in [4.69, 9.17) is 21.1 Å². The highest BCUT2D eigenvalue weighted by Crippen LogP contribution is 2.16. The Bertz CT molecular complexity index is 586. The van der Waals surface area contributed by atoms with Crippen molar-refractivity contribution in [2.45, 2.75) is 0 Å². The van der Waals surface area contributed by atoms with Gasteiger partial charge < -0.3 is 9.52 Å². The molecule has 4 nitrogen and oxygen atoms in total. The highest BCUT2D eigenvalue weighted by Gasteiger charge is 2.16. The van der Waals surface area contributed by atoms with Crippen LogP contribution in [0.4, 0.5) is 0 Å². The van der Waals surface area contributed by atoms with Gasteiger partial charge in [-0.25, -0.2) is 4.79 Å². The maximum absolute atomic E-state index is 11.9. The van der Waals surface area contributed by atoms with Gasteiger partial charge in [-0.3, -0.25) is 4.79 Å². The molecule has 1 aromatic heterocycles. The third-order valence-electron chi connectivity index (χ3n) is 2.13. The van der Waals surface area contributed by atoms with Crippen molar-refractivity contribution in [1.82, 2.24) is 0 Å². The highest BCUT2D eigenvalue weighted by molar-refractivity contribution is 6.31. The van der Waals surface area contributed by atoms with Crippen LogP contribution in [0.1, 0.15) is 26.7 Å². The number of rotatable bonds is 3. The summed E-state index contributed by atoms with van der Waals surface area (Å²) in [5.41, 5.74) is 0.351. The van der Waals surface area contributed by atoms with Gasteiger partial charge in [-0.15, -0.1) is 0 Å². The Morgan fingerprint density at radius 2 is 1.82 bits per heavy atom. The van der Waals surface area contributed by atoms with Gasteiger partial charge in [-0.1, -0.05) is 23.7 Å². The summed E-state index contributed by atoms with van der Waals surface area (Å²) < 4.78 is 4.91. The fourth-order valence-electron chi connectivity index (χ4n) is 1.35. The van der Waals surface area contributed by atoms with E-state index >= 15 is 0 Å². The van der Waals surface area contributed by atoms with E-state index < -0.39 is 11.8 Å². The van der Waals surface area contributed by atoms with Gasteiger partial charge in [0.05, 0.1) is 0 Å². The van der Waals surface area contributed by atoms with E-state index in [-0.39, 0.29) is 11.5 Å². The van der Waals surface area contributed by atoms with E-state index in [2.05, 4.69) is 0 Å². The summed E-state index contributed by atoms with van der Waals surface area (Å²) in [4.78, 5) is 22.5. The average Bonchev–Trinajstić information content (AvgIpc) is 2.77. The molecule has 0 aliphatic rings. The van der Waals surface area contributed by atoms with Crippen molar-refractivity contribution in [2.75, 3.05) is 0 Å². The van der Waals surface area contributed by atoms with E-state index in [0.717, 1.165) is 0 Å². The van der Waals surface area contributed by atoms with Crippen molar-refractivity contribution in [3.05, 3.63) is 58.5 Å². The fourth-order valence-corrected chi connectivity index (χ4v) is 1.54. The van der Waals surface area contributed by atoms with Crippen LogP contribution in [-0.2, 0) is 0 Å². The molecule has 86 valence electrons. The summed E-state index contributed by atoms with van der Waals surface area (Å²) in [6, 6.07) is 8.91. The lowest BCUT2D eigenvalue weighted by molar-refractivity contribution is 0.0660. The van der Waals surface area contributed by atoms with Gasteiger partial charge in [0.1, 0.15) is 0 Å². The first kappa shape index (κ1) is 11.4. The van der Waals surface area contributed by atoms with Crippen LogP contribution in [0.25, 0.3) is 0 Å². The first-order valence-electron chi connectivity index (χ1n) is 4.71. The Labute approximate surface area is 101 Å². The molecule has 17 heavy (non-hydrogen) atoms. The normalized spacial score (nSPS) is 10.2. The molecule has 2 rings (SSSR count). The van der Waals surface area contributed by atoms with Crippen molar-refractivity contribution >= 4 is 23.4 Å². The predicted octanol–water partition coefficient (Wildman–Crippen LogP) is 2.86. The van der Waals surface area contributed by atoms with E-state index in [9.17, 15) is 9.59 Å². The smallest absolute Gasteiger partial charge is 0.371 e. The van der Waals surface area contributed by atoms with Crippen LogP contribution in [-0.4, -0.2) is 16.9 Å². The van der Waals surface area contributed by atoms with Crippen LogP contribution in [0.15, 0.2) is 40.8 Å². The number of ketones is 1. The van der Waals surface area contributed by atoms with E-state index in [1.165, 1.54) is 18.2 Å². The maximum atomic E-state index is 11.9. The SMILES string of the molecule is O=C(O)c1ccc(C(=O)c2cccc(Cl)c2)o1. The quantitative estimate of drug-likeness (QED) is 0.851. The molecule has 0 bridgehead atoms. The number of carboxylic acids is 1. The molecule has 0 spiro atoms. The molecule has 1 aromatic carbocycles. The van der Waals surface area contributed by atoms with Gasteiger partial charge in [-0.2, -0.15) is 0 Å². The molecular formula is C12H7ClO4. The standard InChI is InChI=1S/C12H7ClO4/c13-8-3-1-2-7(6-8)11(14)9-4-5-10(17-9)12(15)16/h1-6H,(H,15,16). The van der Waals surface area contributed by atoms with Crippen LogP contribution in [0, 0.1) is 0 Å². The lowest BCUT2D eigenvalue weighted by atomic mass is 10.1. The molecule has 0 amide bonds. The molecule has 1 N–H and O–H groups in total. The summed E-state index contributed by atoms with van der Waals surface area (Å²) in [5.74, 6) is -1.91. The summed E-state index contributed by atoms with van der Waals surface area (Å²) in [7, 11) is 0. The van der Waals surface area contributed by atoms with Gasteiger partial charge in [-0.05, 0) is 24.3 Å². The molecule has 0 saturated carbocycles. The van der Waals surface area contributed by atoms with Crippen LogP contribution in [0.3, 0.4) is 0 Å². The molecule has 1 heterocycles. The Morgan fingerprint density at radius 1 is 1.12 bits per heavy atom. The first-order valence-corrected chi connectivity index (χ1v) is 5.09. The van der Waals surface area contributed by atoms with E-state index in [0.29, 0.717) is 10.6 Å². The topological polar surface area (TPSA) is 67.5 Å². The van der Waals surface area contributed by atoms with Crippen molar-refractivity contribution in [3.63, 3.8) is 0 Å². The molecule has 0 saturated heterocycles. The first-order chi connectivity index (χ1) is 8.08. The second kappa shape index (κ2) is 4.43. The zero-order chi connectivity index (χ0) is 12.4. The number of carbonyl (C=O) groups excluding carboxylic acids is 1. The molecule has 2 aromatic rings. The summed E-state index contributed by atoms with van der Waals surface area (Å²) >= 11 is 5.76. The van der Waals surface area contributed by atoms with E-state index in [1.807, 2.05) is 0 Å². The monoisotopic (exact) mass is 250 g/mol. The van der Waals surface area contributed by atoms with Crippen molar-refractivity contribution in [1.29, 1.82) is 0 Å². The molecule has 0 aliphatic heterocycles. The number of carbonyl (C=O) groups is 2. The van der Waals surface area contributed by atoms with Gasteiger partial charge >= 0.3 is 5.97 Å². The average molecular weight is 251 g/mol. The Hall–Kier alpha value is -2.07. The summed E-state index contributed by atoms with van der Waals surface area (Å²) in [6.07, 6.45) is 0. The Kier molecular flexibility index (Phi) is 2.97. The van der Waals surface area contributed by atoms with Gasteiger partial charge in [0.15, 0.2) is 5.76 Å². The zero-order valence-electron chi connectivity index (χ0n) is 8.51. The number of aromatic carboxylic acids is 1.